The number of aromatic nitrogens is 3. The second-order valence-electron chi connectivity index (χ2n) is 2.49. The van der Waals surface area contributed by atoms with Crippen LogP contribution in [0.1, 0.15) is 12.7 Å². The molecule has 1 heterocycles. The van der Waals surface area contributed by atoms with E-state index in [2.05, 4.69) is 10.2 Å². The summed E-state index contributed by atoms with van der Waals surface area (Å²) in [4.78, 5) is 0. The van der Waals surface area contributed by atoms with Gasteiger partial charge in [-0.3, -0.25) is 4.57 Å². The molecule has 0 radical (unpaired) electrons. The van der Waals surface area contributed by atoms with Crippen molar-refractivity contribution in [3.63, 3.8) is 0 Å². The summed E-state index contributed by atoms with van der Waals surface area (Å²) >= 11 is 0. The van der Waals surface area contributed by atoms with E-state index in [4.69, 9.17) is 0 Å². The number of halogens is 4. The van der Waals surface area contributed by atoms with Gasteiger partial charge in [-0.05, 0) is 6.92 Å². The maximum absolute atomic E-state index is 12.5. The predicted octanol–water partition coefficient (Wildman–Crippen LogP) is 0.975. The molecule has 0 fully saturated rings. The maximum atomic E-state index is 12.5. The van der Waals surface area contributed by atoms with Crippen LogP contribution in [0, 0.1) is 0 Å². The van der Waals surface area contributed by atoms with Gasteiger partial charge in [-0.1, -0.05) is 3.89 Å². The van der Waals surface area contributed by atoms with E-state index in [9.17, 15) is 25.5 Å². The molecule has 0 saturated carbocycles. The van der Waals surface area contributed by atoms with Crippen LogP contribution in [-0.4, -0.2) is 23.2 Å². The van der Waals surface area contributed by atoms with Crippen LogP contribution in [0.4, 0.5) is 17.1 Å². The highest BCUT2D eigenvalue weighted by molar-refractivity contribution is 7.86. The molecule has 10 heteroatoms. The van der Waals surface area contributed by atoms with Gasteiger partial charge < -0.3 is 0 Å². The van der Waals surface area contributed by atoms with Gasteiger partial charge in [0.25, 0.3) is 5.16 Å². The zero-order valence-electron chi connectivity index (χ0n) is 7.29. The van der Waals surface area contributed by atoms with Crippen LogP contribution in [0.15, 0.2) is 5.16 Å². The molecule has 0 spiro atoms. The van der Waals surface area contributed by atoms with Gasteiger partial charge in [-0.2, -0.15) is 21.6 Å². The van der Waals surface area contributed by atoms with Crippen LogP contribution < -0.4 is 0 Å². The molecule has 0 aromatic carbocycles. The van der Waals surface area contributed by atoms with Crippen LogP contribution in [0.3, 0.4) is 0 Å². The Labute approximate surface area is 81.9 Å². The highest BCUT2D eigenvalue weighted by Gasteiger charge is 2.40. The standard InChI is InChI=1S/C5H5F4N3O2S/c1-2-12-3(5(6,7)8)10-11-4(12)15(9,13)14/h2H2,1H3. The largest absolute Gasteiger partial charge is 0.451 e. The highest BCUT2D eigenvalue weighted by Crippen LogP contribution is 2.29. The number of hydrogen-bond acceptors (Lipinski definition) is 4. The Hall–Kier alpha value is -1.19. The van der Waals surface area contributed by atoms with Crippen molar-refractivity contribution < 1.29 is 25.5 Å². The van der Waals surface area contributed by atoms with E-state index in [1.165, 1.54) is 6.92 Å². The monoisotopic (exact) mass is 247 g/mol. The zero-order valence-corrected chi connectivity index (χ0v) is 8.10. The molecule has 86 valence electrons. The van der Waals surface area contributed by atoms with Crippen molar-refractivity contribution >= 4 is 10.2 Å². The molecule has 0 unspecified atom stereocenters. The fourth-order valence-electron chi connectivity index (χ4n) is 0.964. The number of hydrogen-bond donors (Lipinski definition) is 0. The van der Waals surface area contributed by atoms with Crippen molar-refractivity contribution in [3.05, 3.63) is 5.82 Å². The Morgan fingerprint density at radius 1 is 1.33 bits per heavy atom. The Balaban J connectivity index is 3.44. The lowest BCUT2D eigenvalue weighted by Crippen LogP contribution is -2.16. The van der Waals surface area contributed by atoms with Gasteiger partial charge in [-0.15, -0.1) is 10.2 Å². The Morgan fingerprint density at radius 2 is 1.87 bits per heavy atom. The summed E-state index contributed by atoms with van der Waals surface area (Å²) in [7, 11) is -5.30. The quantitative estimate of drug-likeness (QED) is 0.577. The minimum Gasteiger partial charge on any atom is -0.292 e. The van der Waals surface area contributed by atoms with Crippen LogP contribution in [-0.2, 0) is 22.9 Å². The average Bonchev–Trinajstić information content (AvgIpc) is 2.43. The third-order valence-electron chi connectivity index (χ3n) is 1.50. The van der Waals surface area contributed by atoms with Crippen molar-refractivity contribution in [2.24, 2.45) is 0 Å². The summed E-state index contributed by atoms with van der Waals surface area (Å²) < 4.78 is 70.0. The Kier molecular flexibility index (Phi) is 2.72. The van der Waals surface area contributed by atoms with Crippen LogP contribution in [0.5, 0.6) is 0 Å². The fourth-order valence-corrected chi connectivity index (χ4v) is 1.58. The molecule has 0 bridgehead atoms. The predicted molar refractivity (Wildman–Crippen MR) is 39.0 cm³/mol. The Bertz CT molecular complexity index is 463. The molecule has 15 heavy (non-hydrogen) atoms. The van der Waals surface area contributed by atoms with Crippen LogP contribution >= 0.6 is 0 Å². The van der Waals surface area contributed by atoms with Crippen LogP contribution in [0.2, 0.25) is 0 Å². The molecular weight excluding hydrogens is 242 g/mol. The van der Waals surface area contributed by atoms with Crippen molar-refractivity contribution in [2.45, 2.75) is 24.8 Å². The van der Waals surface area contributed by atoms with Gasteiger partial charge in [-0.25, -0.2) is 0 Å². The maximum Gasteiger partial charge on any atom is 0.451 e. The first-order valence-corrected chi connectivity index (χ1v) is 5.01. The van der Waals surface area contributed by atoms with Gasteiger partial charge in [0.05, 0.1) is 0 Å². The van der Waals surface area contributed by atoms with Gasteiger partial charge in [0.2, 0.25) is 5.82 Å². The summed E-state index contributed by atoms with van der Waals surface area (Å²) in [5, 5.41) is 3.91. The summed E-state index contributed by atoms with van der Waals surface area (Å²) in [5.41, 5.74) is 0. The van der Waals surface area contributed by atoms with E-state index >= 15 is 0 Å². The smallest absolute Gasteiger partial charge is 0.292 e. The van der Waals surface area contributed by atoms with Gasteiger partial charge in [0.1, 0.15) is 0 Å². The summed E-state index contributed by atoms with van der Waals surface area (Å²) in [6.07, 6.45) is -4.87. The summed E-state index contributed by atoms with van der Waals surface area (Å²) in [6, 6.07) is 0. The fraction of sp³-hybridized carbons (Fsp3) is 0.600. The average molecular weight is 247 g/mol. The molecule has 0 aliphatic carbocycles. The molecular formula is C5H5F4N3O2S. The van der Waals surface area contributed by atoms with Gasteiger partial charge >= 0.3 is 16.4 Å². The Morgan fingerprint density at radius 3 is 2.20 bits per heavy atom. The third-order valence-corrected chi connectivity index (χ3v) is 2.24. The minimum absolute atomic E-state index is 0.148. The lowest BCUT2D eigenvalue weighted by molar-refractivity contribution is -0.147. The van der Waals surface area contributed by atoms with E-state index in [0.717, 1.165) is 0 Å². The highest BCUT2D eigenvalue weighted by atomic mass is 32.3. The third kappa shape index (κ3) is 2.25. The first kappa shape index (κ1) is 11.9. The molecule has 1 aromatic rings. The second-order valence-corrected chi connectivity index (χ2v) is 3.73. The lowest BCUT2D eigenvalue weighted by atomic mass is 10.5. The first-order valence-electron chi connectivity index (χ1n) is 3.63. The lowest BCUT2D eigenvalue weighted by Gasteiger charge is -2.07. The molecule has 0 aliphatic rings. The van der Waals surface area contributed by atoms with Gasteiger partial charge in [0.15, 0.2) is 0 Å². The van der Waals surface area contributed by atoms with E-state index in [-0.39, 0.29) is 4.57 Å². The zero-order chi connectivity index (χ0) is 11.9. The van der Waals surface area contributed by atoms with E-state index in [1.54, 1.807) is 0 Å². The SMILES string of the molecule is CCn1c(C(F)(F)F)nnc1S(=O)(=O)F. The molecule has 0 aliphatic heterocycles. The molecule has 0 N–H and O–H groups in total. The summed E-state index contributed by atoms with van der Waals surface area (Å²) in [6.45, 7) is 0.813. The summed E-state index contributed by atoms with van der Waals surface area (Å²) in [5.74, 6) is -1.54. The molecule has 1 aromatic heterocycles. The number of nitrogens with zero attached hydrogens (tertiary/aromatic N) is 3. The molecule has 0 amide bonds. The van der Waals surface area contributed by atoms with Crippen molar-refractivity contribution in [1.82, 2.24) is 14.8 Å². The molecule has 0 saturated heterocycles. The minimum atomic E-state index is -5.30. The molecule has 5 nitrogen and oxygen atoms in total. The molecule has 0 atom stereocenters. The normalized spacial score (nSPS) is 13.1. The van der Waals surface area contributed by atoms with Crippen molar-refractivity contribution in [2.75, 3.05) is 0 Å². The first-order chi connectivity index (χ1) is 6.68. The van der Waals surface area contributed by atoms with E-state index < -0.39 is 33.9 Å². The van der Waals surface area contributed by atoms with Crippen LogP contribution in [0.25, 0.3) is 0 Å². The topological polar surface area (TPSA) is 64.8 Å². The van der Waals surface area contributed by atoms with Crippen molar-refractivity contribution in [1.29, 1.82) is 0 Å². The second kappa shape index (κ2) is 3.43. The molecule has 1 rings (SSSR count). The van der Waals surface area contributed by atoms with Gasteiger partial charge in [0, 0.05) is 6.54 Å². The number of alkyl halides is 3. The van der Waals surface area contributed by atoms with Crippen molar-refractivity contribution in [3.8, 4) is 0 Å². The number of rotatable bonds is 2. The van der Waals surface area contributed by atoms with E-state index in [0.29, 0.717) is 0 Å². The van der Waals surface area contributed by atoms with E-state index in [1.807, 2.05) is 0 Å².